The maximum Gasteiger partial charge on any atom is 0.251 e. The SMILES string of the molecule is CN(C)c1cccc(C(=O)NC2CCNC3(CCC3)C2)c1. The predicted molar refractivity (Wildman–Crippen MR) is 85.8 cm³/mol. The number of rotatable bonds is 3. The van der Waals surface area contributed by atoms with Gasteiger partial charge in [0.25, 0.3) is 5.91 Å². The van der Waals surface area contributed by atoms with Crippen molar-refractivity contribution in [2.75, 3.05) is 25.5 Å². The molecule has 0 bridgehead atoms. The smallest absolute Gasteiger partial charge is 0.251 e. The van der Waals surface area contributed by atoms with Crippen molar-refractivity contribution in [3.05, 3.63) is 29.8 Å². The van der Waals surface area contributed by atoms with Gasteiger partial charge in [-0.05, 0) is 56.8 Å². The molecule has 2 aliphatic rings. The van der Waals surface area contributed by atoms with Gasteiger partial charge in [0.1, 0.15) is 0 Å². The average molecular weight is 287 g/mol. The van der Waals surface area contributed by atoms with E-state index < -0.39 is 0 Å². The van der Waals surface area contributed by atoms with Crippen LogP contribution in [0.4, 0.5) is 5.69 Å². The van der Waals surface area contributed by atoms with E-state index in [0.29, 0.717) is 11.6 Å². The monoisotopic (exact) mass is 287 g/mol. The van der Waals surface area contributed by atoms with E-state index in [2.05, 4.69) is 10.6 Å². The number of nitrogens with one attached hydrogen (secondary N) is 2. The van der Waals surface area contributed by atoms with E-state index in [9.17, 15) is 4.79 Å². The molecular weight excluding hydrogens is 262 g/mol. The quantitative estimate of drug-likeness (QED) is 0.895. The number of piperidine rings is 1. The minimum absolute atomic E-state index is 0.0556. The largest absolute Gasteiger partial charge is 0.378 e. The first-order valence-electron chi connectivity index (χ1n) is 7.91. The summed E-state index contributed by atoms with van der Waals surface area (Å²) in [7, 11) is 3.98. The van der Waals surface area contributed by atoms with Crippen molar-refractivity contribution in [1.82, 2.24) is 10.6 Å². The Balaban J connectivity index is 1.64. The highest BCUT2D eigenvalue weighted by Gasteiger charge is 2.41. The van der Waals surface area contributed by atoms with Crippen molar-refractivity contribution >= 4 is 11.6 Å². The molecule has 4 nitrogen and oxygen atoms in total. The topological polar surface area (TPSA) is 44.4 Å². The number of carbonyl (C=O) groups is 1. The molecule has 1 unspecified atom stereocenters. The Morgan fingerprint density at radius 2 is 2.19 bits per heavy atom. The van der Waals surface area contributed by atoms with Crippen LogP contribution in [-0.2, 0) is 0 Å². The summed E-state index contributed by atoms with van der Waals surface area (Å²) in [6.07, 6.45) is 5.94. The molecule has 114 valence electrons. The number of nitrogens with zero attached hydrogens (tertiary/aromatic N) is 1. The van der Waals surface area contributed by atoms with Gasteiger partial charge in [-0.2, -0.15) is 0 Å². The zero-order valence-electron chi connectivity index (χ0n) is 13.0. The maximum absolute atomic E-state index is 12.5. The van der Waals surface area contributed by atoms with Crippen molar-refractivity contribution in [3.8, 4) is 0 Å². The van der Waals surface area contributed by atoms with Crippen LogP contribution in [0, 0.1) is 0 Å². The zero-order valence-corrected chi connectivity index (χ0v) is 13.0. The summed E-state index contributed by atoms with van der Waals surface area (Å²) in [4.78, 5) is 14.5. The lowest BCUT2D eigenvalue weighted by atomic mass is 9.70. The van der Waals surface area contributed by atoms with Crippen LogP contribution in [0.2, 0.25) is 0 Å². The van der Waals surface area contributed by atoms with Crippen molar-refractivity contribution < 1.29 is 4.79 Å². The molecule has 3 rings (SSSR count). The fourth-order valence-electron chi connectivity index (χ4n) is 3.46. The first kappa shape index (κ1) is 14.4. The third-order valence-corrected chi connectivity index (χ3v) is 4.90. The van der Waals surface area contributed by atoms with E-state index in [1.807, 2.05) is 43.3 Å². The maximum atomic E-state index is 12.5. The third kappa shape index (κ3) is 3.05. The van der Waals surface area contributed by atoms with Crippen LogP contribution in [0.25, 0.3) is 0 Å². The molecule has 1 aromatic rings. The molecule has 1 saturated heterocycles. The molecule has 2 N–H and O–H groups in total. The van der Waals surface area contributed by atoms with Gasteiger partial charge in [-0.25, -0.2) is 0 Å². The van der Waals surface area contributed by atoms with Crippen LogP contribution in [0.5, 0.6) is 0 Å². The van der Waals surface area contributed by atoms with Crippen LogP contribution in [-0.4, -0.2) is 38.1 Å². The van der Waals surface area contributed by atoms with Crippen LogP contribution in [0.1, 0.15) is 42.5 Å². The number of hydrogen-bond acceptors (Lipinski definition) is 3. The van der Waals surface area contributed by atoms with Crippen molar-refractivity contribution in [2.24, 2.45) is 0 Å². The van der Waals surface area contributed by atoms with Gasteiger partial charge < -0.3 is 15.5 Å². The first-order chi connectivity index (χ1) is 10.1. The number of amides is 1. The lowest BCUT2D eigenvalue weighted by Crippen LogP contribution is -2.59. The van der Waals surface area contributed by atoms with Crippen LogP contribution in [0.15, 0.2) is 24.3 Å². The van der Waals surface area contributed by atoms with Crippen molar-refractivity contribution in [2.45, 2.75) is 43.7 Å². The molecule has 21 heavy (non-hydrogen) atoms. The molecule has 1 saturated carbocycles. The average Bonchev–Trinajstić information content (AvgIpc) is 2.46. The summed E-state index contributed by atoms with van der Waals surface area (Å²) in [5, 5.41) is 6.87. The number of carbonyl (C=O) groups excluding carboxylic acids is 1. The molecule has 1 amide bonds. The number of benzene rings is 1. The standard InChI is InChI=1S/C17H25N3O/c1-20(2)15-6-3-5-13(11-15)16(21)19-14-7-10-18-17(12-14)8-4-9-17/h3,5-6,11,14,18H,4,7-10,12H2,1-2H3,(H,19,21). The predicted octanol–water partition coefficient (Wildman–Crippen LogP) is 2.16. The first-order valence-corrected chi connectivity index (χ1v) is 7.91. The molecule has 1 aliphatic carbocycles. The summed E-state index contributed by atoms with van der Waals surface area (Å²) < 4.78 is 0. The summed E-state index contributed by atoms with van der Waals surface area (Å²) in [6, 6.07) is 8.12. The van der Waals surface area contributed by atoms with E-state index in [1.165, 1.54) is 19.3 Å². The second-order valence-electron chi connectivity index (χ2n) is 6.67. The number of anilines is 1. The van der Waals surface area contributed by atoms with Gasteiger partial charge in [-0.1, -0.05) is 6.07 Å². The Bertz CT molecular complexity index is 523. The molecule has 4 heteroatoms. The van der Waals surface area contributed by atoms with Crippen molar-refractivity contribution in [1.29, 1.82) is 0 Å². The Hall–Kier alpha value is -1.55. The molecule has 0 aromatic heterocycles. The highest BCUT2D eigenvalue weighted by molar-refractivity contribution is 5.95. The molecule has 1 atom stereocenters. The van der Waals surface area contributed by atoms with E-state index in [0.717, 1.165) is 30.6 Å². The Kier molecular flexibility index (Phi) is 3.89. The minimum atomic E-state index is 0.0556. The highest BCUT2D eigenvalue weighted by atomic mass is 16.1. The summed E-state index contributed by atoms with van der Waals surface area (Å²) in [5.74, 6) is 0.0556. The zero-order chi connectivity index (χ0) is 14.9. The van der Waals surface area contributed by atoms with Gasteiger partial charge in [0.05, 0.1) is 0 Å². The lowest BCUT2D eigenvalue weighted by molar-refractivity contribution is 0.0853. The number of hydrogen-bond donors (Lipinski definition) is 2. The fourth-order valence-corrected chi connectivity index (χ4v) is 3.46. The third-order valence-electron chi connectivity index (χ3n) is 4.90. The lowest BCUT2D eigenvalue weighted by Gasteiger charge is -2.48. The molecule has 1 aliphatic heterocycles. The van der Waals surface area contributed by atoms with E-state index >= 15 is 0 Å². The molecule has 0 radical (unpaired) electrons. The molecule has 2 fully saturated rings. The van der Waals surface area contributed by atoms with Gasteiger partial charge in [-0.15, -0.1) is 0 Å². The van der Waals surface area contributed by atoms with E-state index in [1.54, 1.807) is 0 Å². The van der Waals surface area contributed by atoms with Gasteiger partial charge in [0, 0.05) is 36.9 Å². The van der Waals surface area contributed by atoms with Crippen LogP contribution < -0.4 is 15.5 Å². The van der Waals surface area contributed by atoms with Crippen LogP contribution >= 0.6 is 0 Å². The molecule has 1 heterocycles. The van der Waals surface area contributed by atoms with Gasteiger partial charge in [0.15, 0.2) is 0 Å². The van der Waals surface area contributed by atoms with Crippen molar-refractivity contribution in [3.63, 3.8) is 0 Å². The Morgan fingerprint density at radius 1 is 1.38 bits per heavy atom. The summed E-state index contributed by atoms with van der Waals surface area (Å²) >= 11 is 0. The second kappa shape index (κ2) is 5.68. The van der Waals surface area contributed by atoms with E-state index in [4.69, 9.17) is 0 Å². The highest BCUT2D eigenvalue weighted by Crippen LogP contribution is 2.38. The summed E-state index contributed by atoms with van der Waals surface area (Å²) in [5.41, 5.74) is 2.13. The molecular formula is C17H25N3O. The molecule has 1 spiro atoms. The second-order valence-corrected chi connectivity index (χ2v) is 6.67. The van der Waals surface area contributed by atoms with Crippen LogP contribution in [0.3, 0.4) is 0 Å². The fraction of sp³-hybridized carbons (Fsp3) is 0.588. The van der Waals surface area contributed by atoms with Gasteiger partial charge in [-0.3, -0.25) is 4.79 Å². The minimum Gasteiger partial charge on any atom is -0.378 e. The Labute approximate surface area is 126 Å². The van der Waals surface area contributed by atoms with Gasteiger partial charge in [0.2, 0.25) is 0 Å². The van der Waals surface area contributed by atoms with Gasteiger partial charge >= 0.3 is 0 Å². The normalized spacial score (nSPS) is 23.4. The van der Waals surface area contributed by atoms with E-state index in [-0.39, 0.29) is 5.91 Å². The summed E-state index contributed by atoms with van der Waals surface area (Å²) in [6.45, 7) is 1.02. The Morgan fingerprint density at radius 3 is 2.86 bits per heavy atom. The molecule has 1 aromatic carbocycles.